The van der Waals surface area contributed by atoms with Crippen molar-refractivity contribution in [3.63, 3.8) is 0 Å². The van der Waals surface area contributed by atoms with Gasteiger partial charge in [-0.1, -0.05) is 17.3 Å². The third-order valence-electron chi connectivity index (χ3n) is 3.66. The zero-order valence-corrected chi connectivity index (χ0v) is 12.7. The molecular formula is C18H10FNO5. The molecule has 0 aliphatic rings. The van der Waals surface area contributed by atoms with Gasteiger partial charge in [0.1, 0.15) is 22.8 Å². The van der Waals surface area contributed by atoms with Crippen LogP contribution in [-0.2, 0) is 11.2 Å². The van der Waals surface area contributed by atoms with Gasteiger partial charge in [-0.15, -0.1) is 0 Å². The van der Waals surface area contributed by atoms with Gasteiger partial charge in [0.25, 0.3) is 0 Å². The van der Waals surface area contributed by atoms with Gasteiger partial charge < -0.3 is 13.7 Å². The standard InChI is InChI=1S/C18H10FNO5/c19-10-5-6-12-15(7-10)23-18(22)9-16(12)24-17(21)8-13-11-3-1-2-4-14(11)25-20-13/h1-7,9H,8H2. The molecular weight excluding hydrogens is 329 g/mol. The normalized spacial score (nSPS) is 11.1. The number of nitrogens with zero attached hydrogens (tertiary/aromatic N) is 1. The molecule has 124 valence electrons. The predicted octanol–water partition coefficient (Wildman–Crippen LogP) is 3.22. The highest BCUT2D eigenvalue weighted by molar-refractivity contribution is 5.88. The first-order chi connectivity index (χ1) is 12.1. The molecule has 0 aliphatic carbocycles. The molecule has 0 aliphatic heterocycles. The third-order valence-corrected chi connectivity index (χ3v) is 3.66. The molecule has 0 unspecified atom stereocenters. The van der Waals surface area contributed by atoms with E-state index in [-0.39, 0.29) is 17.8 Å². The molecule has 2 aromatic heterocycles. The number of para-hydroxylation sites is 1. The van der Waals surface area contributed by atoms with Crippen molar-refractivity contribution < 1.29 is 22.9 Å². The van der Waals surface area contributed by atoms with Crippen LogP contribution in [-0.4, -0.2) is 11.1 Å². The molecule has 25 heavy (non-hydrogen) atoms. The highest BCUT2D eigenvalue weighted by atomic mass is 19.1. The maximum Gasteiger partial charge on any atom is 0.339 e. The fourth-order valence-electron chi connectivity index (χ4n) is 2.55. The molecule has 4 rings (SSSR count). The zero-order valence-electron chi connectivity index (χ0n) is 12.7. The average molecular weight is 339 g/mol. The van der Waals surface area contributed by atoms with Gasteiger partial charge in [-0.3, -0.25) is 4.79 Å². The Bertz CT molecular complexity index is 1160. The molecule has 0 atom stereocenters. The second-order valence-corrected chi connectivity index (χ2v) is 5.35. The van der Waals surface area contributed by atoms with Crippen molar-refractivity contribution in [2.24, 2.45) is 0 Å². The molecule has 6 nitrogen and oxygen atoms in total. The zero-order chi connectivity index (χ0) is 17.4. The van der Waals surface area contributed by atoms with Gasteiger partial charge in [0.2, 0.25) is 0 Å². The second kappa shape index (κ2) is 5.86. The number of esters is 1. The Labute approximate surface area is 139 Å². The van der Waals surface area contributed by atoms with Gasteiger partial charge in [-0.25, -0.2) is 9.18 Å². The first kappa shape index (κ1) is 15.1. The number of rotatable bonds is 3. The van der Waals surface area contributed by atoms with Crippen molar-refractivity contribution >= 4 is 27.9 Å². The van der Waals surface area contributed by atoms with E-state index in [4.69, 9.17) is 13.7 Å². The Kier molecular flexibility index (Phi) is 3.53. The SMILES string of the molecule is O=C(Cc1noc2ccccc12)Oc1cc(=O)oc2cc(F)ccc12. The lowest BCUT2D eigenvalue weighted by atomic mass is 10.2. The Morgan fingerprint density at radius 2 is 1.92 bits per heavy atom. The van der Waals surface area contributed by atoms with Gasteiger partial charge in [-0.05, 0) is 24.3 Å². The number of ether oxygens (including phenoxy) is 1. The highest BCUT2D eigenvalue weighted by Gasteiger charge is 2.16. The quantitative estimate of drug-likeness (QED) is 0.421. The summed E-state index contributed by atoms with van der Waals surface area (Å²) in [6.45, 7) is 0. The molecule has 0 N–H and O–H groups in total. The van der Waals surface area contributed by atoms with Crippen molar-refractivity contribution in [3.8, 4) is 5.75 Å². The Balaban J connectivity index is 1.65. The predicted molar refractivity (Wildman–Crippen MR) is 85.8 cm³/mol. The topological polar surface area (TPSA) is 82.5 Å². The number of benzene rings is 2. The van der Waals surface area contributed by atoms with E-state index >= 15 is 0 Å². The first-order valence-corrected chi connectivity index (χ1v) is 7.37. The second-order valence-electron chi connectivity index (χ2n) is 5.35. The molecule has 0 saturated heterocycles. The molecule has 0 saturated carbocycles. The molecule has 0 spiro atoms. The largest absolute Gasteiger partial charge is 0.425 e. The summed E-state index contributed by atoms with van der Waals surface area (Å²) >= 11 is 0. The van der Waals surface area contributed by atoms with Crippen LogP contribution in [0.4, 0.5) is 4.39 Å². The minimum absolute atomic E-state index is 0.00202. The molecule has 2 heterocycles. The average Bonchev–Trinajstić information content (AvgIpc) is 2.97. The number of fused-ring (bicyclic) bond motifs is 2. The van der Waals surface area contributed by atoms with E-state index in [0.717, 1.165) is 12.1 Å². The van der Waals surface area contributed by atoms with Gasteiger partial charge >= 0.3 is 11.6 Å². The summed E-state index contributed by atoms with van der Waals surface area (Å²) < 4.78 is 28.6. The van der Waals surface area contributed by atoms with Crippen LogP contribution in [0.1, 0.15) is 5.69 Å². The van der Waals surface area contributed by atoms with E-state index in [1.807, 2.05) is 0 Å². The molecule has 0 fully saturated rings. The van der Waals surface area contributed by atoms with Gasteiger partial charge in [0.15, 0.2) is 5.58 Å². The maximum absolute atomic E-state index is 13.3. The molecule has 0 radical (unpaired) electrons. The van der Waals surface area contributed by atoms with Gasteiger partial charge in [0.05, 0.1) is 17.9 Å². The lowest BCUT2D eigenvalue weighted by molar-refractivity contribution is -0.133. The Hall–Kier alpha value is -3.48. The fraction of sp³-hybridized carbons (Fsp3) is 0.0556. The summed E-state index contributed by atoms with van der Waals surface area (Å²) in [5.74, 6) is -1.19. The third kappa shape index (κ3) is 2.87. The first-order valence-electron chi connectivity index (χ1n) is 7.37. The number of hydrogen-bond donors (Lipinski definition) is 0. The number of halogens is 1. The summed E-state index contributed by atoms with van der Waals surface area (Å²) in [6.07, 6.45) is -0.139. The minimum Gasteiger partial charge on any atom is -0.425 e. The van der Waals surface area contributed by atoms with Gasteiger partial charge in [0, 0.05) is 11.5 Å². The summed E-state index contributed by atoms with van der Waals surface area (Å²) in [5.41, 5.74) is 0.250. The monoisotopic (exact) mass is 339 g/mol. The van der Waals surface area contributed by atoms with E-state index < -0.39 is 17.4 Å². The minimum atomic E-state index is -0.743. The Morgan fingerprint density at radius 3 is 2.80 bits per heavy atom. The molecule has 2 aromatic carbocycles. The van der Waals surface area contributed by atoms with Crippen LogP contribution in [0, 0.1) is 5.82 Å². The van der Waals surface area contributed by atoms with Crippen molar-refractivity contribution in [2.75, 3.05) is 0 Å². The smallest absolute Gasteiger partial charge is 0.339 e. The van der Waals surface area contributed by atoms with Crippen molar-refractivity contribution in [3.05, 3.63) is 70.5 Å². The molecule has 0 bridgehead atoms. The van der Waals surface area contributed by atoms with Crippen LogP contribution in [0.2, 0.25) is 0 Å². The summed E-state index contributed by atoms with van der Waals surface area (Å²) in [6, 6.07) is 11.8. The highest BCUT2D eigenvalue weighted by Crippen LogP contribution is 2.25. The van der Waals surface area contributed by atoms with Crippen LogP contribution in [0.15, 0.2) is 62.3 Å². The number of carbonyl (C=O) groups is 1. The lowest BCUT2D eigenvalue weighted by Crippen LogP contribution is -2.13. The van der Waals surface area contributed by atoms with Crippen LogP contribution >= 0.6 is 0 Å². The molecule has 0 amide bonds. The van der Waals surface area contributed by atoms with Crippen LogP contribution in [0.5, 0.6) is 5.75 Å². The Morgan fingerprint density at radius 1 is 1.08 bits per heavy atom. The van der Waals surface area contributed by atoms with Crippen molar-refractivity contribution in [1.29, 1.82) is 0 Å². The van der Waals surface area contributed by atoms with E-state index in [1.165, 1.54) is 12.1 Å². The maximum atomic E-state index is 13.3. The van der Waals surface area contributed by atoms with Crippen LogP contribution in [0.25, 0.3) is 21.9 Å². The number of aromatic nitrogens is 1. The van der Waals surface area contributed by atoms with E-state index in [0.29, 0.717) is 22.0 Å². The fourth-order valence-corrected chi connectivity index (χ4v) is 2.55. The number of hydrogen-bond acceptors (Lipinski definition) is 6. The van der Waals surface area contributed by atoms with E-state index in [9.17, 15) is 14.0 Å². The van der Waals surface area contributed by atoms with Crippen molar-refractivity contribution in [1.82, 2.24) is 5.16 Å². The summed E-state index contributed by atoms with van der Waals surface area (Å²) in [5, 5.41) is 4.89. The summed E-state index contributed by atoms with van der Waals surface area (Å²) in [7, 11) is 0. The van der Waals surface area contributed by atoms with Crippen LogP contribution in [0.3, 0.4) is 0 Å². The lowest BCUT2D eigenvalue weighted by Gasteiger charge is -2.06. The summed E-state index contributed by atoms with van der Waals surface area (Å²) in [4.78, 5) is 23.8. The number of carbonyl (C=O) groups excluding carboxylic acids is 1. The van der Waals surface area contributed by atoms with Crippen LogP contribution < -0.4 is 10.4 Å². The van der Waals surface area contributed by atoms with E-state index in [1.54, 1.807) is 24.3 Å². The van der Waals surface area contributed by atoms with Gasteiger partial charge in [-0.2, -0.15) is 0 Å². The van der Waals surface area contributed by atoms with E-state index in [2.05, 4.69) is 5.16 Å². The molecule has 7 heteroatoms. The van der Waals surface area contributed by atoms with Crippen molar-refractivity contribution in [2.45, 2.75) is 6.42 Å². The molecule has 4 aromatic rings.